The van der Waals surface area contributed by atoms with Gasteiger partial charge < -0.3 is 9.47 Å². The van der Waals surface area contributed by atoms with Crippen LogP contribution in [0.2, 0.25) is 0 Å². The standard InChI is InChI=1S/C16H15NO3S/c1-2-11-19-14-8-4-3-7-13(14)12-20-16(18)21-15-9-5-6-10-17-15/h2-10H,1,11-12H2. The second kappa shape index (κ2) is 8.11. The summed E-state index contributed by atoms with van der Waals surface area (Å²) in [4.78, 5) is 15.8. The van der Waals surface area contributed by atoms with Gasteiger partial charge in [0.2, 0.25) is 0 Å². The van der Waals surface area contributed by atoms with Crippen molar-refractivity contribution in [2.24, 2.45) is 0 Å². The van der Waals surface area contributed by atoms with Crippen LogP contribution in [0.3, 0.4) is 0 Å². The number of carbonyl (C=O) groups is 1. The molecule has 0 spiro atoms. The molecule has 2 aromatic rings. The molecule has 4 nitrogen and oxygen atoms in total. The third-order valence-corrected chi connectivity index (χ3v) is 3.24. The van der Waals surface area contributed by atoms with Crippen molar-refractivity contribution in [3.05, 3.63) is 66.9 Å². The topological polar surface area (TPSA) is 48.4 Å². The van der Waals surface area contributed by atoms with Gasteiger partial charge in [0.1, 0.15) is 24.0 Å². The number of thioether (sulfide) groups is 1. The third-order valence-electron chi connectivity index (χ3n) is 2.50. The van der Waals surface area contributed by atoms with Crippen LogP contribution in [0.15, 0.2) is 66.3 Å². The fourth-order valence-corrected chi connectivity index (χ4v) is 2.12. The lowest BCUT2D eigenvalue weighted by atomic mass is 10.2. The second-order valence-electron chi connectivity index (χ2n) is 4.02. The van der Waals surface area contributed by atoms with E-state index < -0.39 is 5.30 Å². The van der Waals surface area contributed by atoms with Crippen LogP contribution in [0.5, 0.6) is 5.75 Å². The molecule has 2 rings (SSSR count). The summed E-state index contributed by atoms with van der Waals surface area (Å²) in [6, 6.07) is 12.8. The van der Waals surface area contributed by atoms with Gasteiger partial charge in [0.15, 0.2) is 0 Å². The molecule has 1 aromatic heterocycles. The molecule has 1 heterocycles. The largest absolute Gasteiger partial charge is 0.489 e. The Morgan fingerprint density at radius 3 is 2.81 bits per heavy atom. The highest BCUT2D eigenvalue weighted by molar-refractivity contribution is 8.13. The highest BCUT2D eigenvalue weighted by atomic mass is 32.2. The summed E-state index contributed by atoms with van der Waals surface area (Å²) in [5.41, 5.74) is 0.814. The van der Waals surface area contributed by atoms with Crippen LogP contribution in [0.25, 0.3) is 0 Å². The molecule has 0 amide bonds. The maximum atomic E-state index is 11.8. The zero-order valence-electron chi connectivity index (χ0n) is 11.4. The van der Waals surface area contributed by atoms with Crippen molar-refractivity contribution >= 4 is 17.1 Å². The molecule has 5 heteroatoms. The number of pyridine rings is 1. The van der Waals surface area contributed by atoms with E-state index in [0.717, 1.165) is 17.3 Å². The van der Waals surface area contributed by atoms with E-state index in [9.17, 15) is 4.79 Å². The molecule has 0 radical (unpaired) electrons. The number of para-hydroxylation sites is 1. The molecule has 0 saturated carbocycles. The van der Waals surface area contributed by atoms with E-state index in [1.807, 2.05) is 30.3 Å². The number of rotatable bonds is 6. The lowest BCUT2D eigenvalue weighted by Gasteiger charge is -2.10. The number of hydrogen-bond donors (Lipinski definition) is 0. The Hall–Kier alpha value is -2.27. The summed E-state index contributed by atoms with van der Waals surface area (Å²) < 4.78 is 10.7. The molecular formula is C16H15NO3S. The molecule has 0 aliphatic carbocycles. The number of ether oxygens (including phenoxy) is 2. The molecule has 0 bridgehead atoms. The number of benzene rings is 1. The van der Waals surface area contributed by atoms with Gasteiger partial charge in [-0.25, -0.2) is 9.78 Å². The van der Waals surface area contributed by atoms with Crippen LogP contribution in [0.4, 0.5) is 4.79 Å². The van der Waals surface area contributed by atoms with Gasteiger partial charge in [-0.05, 0) is 18.2 Å². The van der Waals surface area contributed by atoms with Crippen molar-refractivity contribution in [3.63, 3.8) is 0 Å². The van der Waals surface area contributed by atoms with Crippen molar-refractivity contribution < 1.29 is 14.3 Å². The fraction of sp³-hybridized carbons (Fsp3) is 0.125. The molecule has 0 N–H and O–H groups in total. The minimum atomic E-state index is -0.396. The van der Waals surface area contributed by atoms with Crippen LogP contribution in [-0.2, 0) is 11.3 Å². The van der Waals surface area contributed by atoms with Gasteiger partial charge in [0.25, 0.3) is 0 Å². The molecule has 0 saturated heterocycles. The van der Waals surface area contributed by atoms with Crippen molar-refractivity contribution in [1.29, 1.82) is 0 Å². The van der Waals surface area contributed by atoms with Crippen LogP contribution in [0.1, 0.15) is 5.56 Å². The summed E-state index contributed by atoms with van der Waals surface area (Å²) in [5.74, 6) is 0.688. The number of nitrogens with zero attached hydrogens (tertiary/aromatic N) is 1. The number of carbonyl (C=O) groups excluding carboxylic acids is 1. The monoisotopic (exact) mass is 301 g/mol. The summed E-state index contributed by atoms with van der Waals surface area (Å²) in [6.45, 7) is 4.17. The van der Waals surface area contributed by atoms with Gasteiger partial charge in [0.05, 0.1) is 0 Å². The molecule has 0 fully saturated rings. The predicted molar refractivity (Wildman–Crippen MR) is 82.4 cm³/mol. The summed E-state index contributed by atoms with van der Waals surface area (Å²) in [6.07, 6.45) is 3.30. The van der Waals surface area contributed by atoms with E-state index in [1.54, 1.807) is 24.4 Å². The van der Waals surface area contributed by atoms with E-state index in [4.69, 9.17) is 9.47 Å². The lowest BCUT2D eigenvalue weighted by Crippen LogP contribution is -2.02. The van der Waals surface area contributed by atoms with Gasteiger partial charge in [-0.3, -0.25) is 0 Å². The summed E-state index contributed by atoms with van der Waals surface area (Å²) >= 11 is 0.957. The zero-order chi connectivity index (χ0) is 14.9. The minimum absolute atomic E-state index is 0.159. The first-order chi connectivity index (χ1) is 10.3. The molecule has 0 atom stereocenters. The fourth-order valence-electron chi connectivity index (χ4n) is 1.57. The average molecular weight is 301 g/mol. The minimum Gasteiger partial charge on any atom is -0.489 e. The Kier molecular flexibility index (Phi) is 5.84. The number of aromatic nitrogens is 1. The zero-order valence-corrected chi connectivity index (χ0v) is 12.2. The van der Waals surface area contributed by atoms with E-state index in [0.29, 0.717) is 17.4 Å². The first-order valence-electron chi connectivity index (χ1n) is 6.37. The lowest BCUT2D eigenvalue weighted by molar-refractivity contribution is 0.167. The molecule has 0 aliphatic rings. The third kappa shape index (κ3) is 4.96. The highest BCUT2D eigenvalue weighted by Crippen LogP contribution is 2.22. The van der Waals surface area contributed by atoms with E-state index in [-0.39, 0.29) is 6.61 Å². The molecule has 108 valence electrons. The van der Waals surface area contributed by atoms with Crippen LogP contribution in [-0.4, -0.2) is 16.9 Å². The second-order valence-corrected chi connectivity index (χ2v) is 4.97. The molecular weight excluding hydrogens is 286 g/mol. The Bertz CT molecular complexity index is 601. The molecule has 0 aliphatic heterocycles. The van der Waals surface area contributed by atoms with Gasteiger partial charge in [-0.1, -0.05) is 36.9 Å². The maximum Gasteiger partial charge on any atom is 0.374 e. The summed E-state index contributed by atoms with van der Waals surface area (Å²) in [5, 5.41) is 0.214. The van der Waals surface area contributed by atoms with Crippen LogP contribution < -0.4 is 4.74 Å². The van der Waals surface area contributed by atoms with Crippen molar-refractivity contribution in [2.75, 3.05) is 6.61 Å². The first-order valence-corrected chi connectivity index (χ1v) is 7.18. The van der Waals surface area contributed by atoms with Gasteiger partial charge in [-0.2, -0.15) is 0 Å². The van der Waals surface area contributed by atoms with Gasteiger partial charge in [0, 0.05) is 23.5 Å². The Morgan fingerprint density at radius 1 is 1.24 bits per heavy atom. The highest BCUT2D eigenvalue weighted by Gasteiger charge is 2.09. The van der Waals surface area contributed by atoms with Crippen molar-refractivity contribution in [2.45, 2.75) is 11.6 Å². The maximum absolute atomic E-state index is 11.8. The Balaban J connectivity index is 1.90. The molecule has 0 unspecified atom stereocenters. The van der Waals surface area contributed by atoms with E-state index >= 15 is 0 Å². The van der Waals surface area contributed by atoms with Crippen molar-refractivity contribution in [3.8, 4) is 5.75 Å². The molecule has 21 heavy (non-hydrogen) atoms. The van der Waals surface area contributed by atoms with Crippen LogP contribution >= 0.6 is 11.8 Å². The number of hydrogen-bond acceptors (Lipinski definition) is 5. The Labute approximate surface area is 127 Å². The van der Waals surface area contributed by atoms with E-state index in [2.05, 4.69) is 11.6 Å². The quantitative estimate of drug-likeness (QED) is 0.457. The summed E-state index contributed by atoms with van der Waals surface area (Å²) in [7, 11) is 0. The van der Waals surface area contributed by atoms with Crippen molar-refractivity contribution in [1.82, 2.24) is 4.98 Å². The predicted octanol–water partition coefficient (Wildman–Crippen LogP) is 4.08. The van der Waals surface area contributed by atoms with Gasteiger partial charge in [-0.15, -0.1) is 0 Å². The average Bonchev–Trinajstić information content (AvgIpc) is 2.52. The molecule has 1 aromatic carbocycles. The normalized spacial score (nSPS) is 9.90. The van der Waals surface area contributed by atoms with E-state index in [1.165, 1.54) is 0 Å². The first kappa shape index (κ1) is 15.1. The smallest absolute Gasteiger partial charge is 0.374 e. The Morgan fingerprint density at radius 2 is 2.05 bits per heavy atom. The SMILES string of the molecule is C=CCOc1ccccc1COC(=O)Sc1ccccn1. The van der Waals surface area contributed by atoms with Gasteiger partial charge >= 0.3 is 5.30 Å². The van der Waals surface area contributed by atoms with Crippen LogP contribution in [0, 0.1) is 0 Å².